The highest BCUT2D eigenvalue weighted by molar-refractivity contribution is 7.90. The van der Waals surface area contributed by atoms with E-state index in [0.29, 0.717) is 53.9 Å². The number of sulfone groups is 1. The molecule has 0 radical (unpaired) electrons. The number of anilines is 1. The lowest BCUT2D eigenvalue weighted by molar-refractivity contribution is -0.116. The number of hydrogen-bond donors (Lipinski definition) is 2. The van der Waals surface area contributed by atoms with E-state index in [4.69, 9.17) is 16.3 Å². The van der Waals surface area contributed by atoms with Crippen LogP contribution >= 0.6 is 11.6 Å². The van der Waals surface area contributed by atoms with Crippen LogP contribution in [0.15, 0.2) is 71.6 Å². The van der Waals surface area contributed by atoms with Crippen molar-refractivity contribution in [3.8, 4) is 0 Å². The smallest absolute Gasteiger partial charge is 0.225 e. The van der Waals surface area contributed by atoms with Gasteiger partial charge in [-0.25, -0.2) is 12.8 Å². The van der Waals surface area contributed by atoms with Crippen LogP contribution in [0.2, 0.25) is 5.02 Å². The molecule has 6 nitrogen and oxygen atoms in total. The third-order valence-electron chi connectivity index (χ3n) is 6.74. The molecule has 2 N–H and O–H groups in total. The summed E-state index contributed by atoms with van der Waals surface area (Å²) in [5.74, 6) is -1.13. The fourth-order valence-corrected chi connectivity index (χ4v) is 5.43. The summed E-state index contributed by atoms with van der Waals surface area (Å²) in [6, 6.07) is 18.6. The predicted molar refractivity (Wildman–Crippen MR) is 148 cm³/mol. The molecule has 9 heteroatoms. The summed E-state index contributed by atoms with van der Waals surface area (Å²) >= 11 is 6.08. The third kappa shape index (κ3) is 7.41. The number of rotatable bonds is 9. The van der Waals surface area contributed by atoms with Gasteiger partial charge in [0, 0.05) is 47.5 Å². The fourth-order valence-electron chi connectivity index (χ4n) is 4.62. The molecule has 0 saturated carbocycles. The summed E-state index contributed by atoms with van der Waals surface area (Å²) in [4.78, 5) is 13.5. The summed E-state index contributed by atoms with van der Waals surface area (Å²) in [6.07, 6.45) is 2.19. The lowest BCUT2D eigenvalue weighted by Crippen LogP contribution is -2.44. The van der Waals surface area contributed by atoms with E-state index in [1.54, 1.807) is 42.5 Å². The predicted octanol–water partition coefficient (Wildman–Crippen LogP) is 5.35. The molecule has 3 aromatic carbocycles. The first kappa shape index (κ1) is 28.2. The van der Waals surface area contributed by atoms with Crippen molar-refractivity contribution in [2.75, 3.05) is 24.7 Å². The van der Waals surface area contributed by atoms with Crippen molar-refractivity contribution in [1.82, 2.24) is 5.32 Å². The van der Waals surface area contributed by atoms with Crippen molar-refractivity contribution in [2.45, 2.75) is 49.1 Å². The maximum Gasteiger partial charge on any atom is 0.225 e. The number of carbonyl (C=O) groups is 1. The Balaban J connectivity index is 1.55. The average molecular weight is 559 g/mol. The lowest BCUT2D eigenvalue weighted by Gasteiger charge is -2.28. The zero-order valence-corrected chi connectivity index (χ0v) is 23.0. The van der Waals surface area contributed by atoms with Gasteiger partial charge >= 0.3 is 0 Å². The molecule has 4 rings (SSSR count). The van der Waals surface area contributed by atoms with Gasteiger partial charge in [-0.1, -0.05) is 41.9 Å². The number of morpholine rings is 1. The molecule has 3 aromatic rings. The Morgan fingerprint density at radius 3 is 2.55 bits per heavy atom. The molecule has 0 unspecified atom stereocenters. The number of nitrogens with one attached hydrogen (secondary N) is 2. The lowest BCUT2D eigenvalue weighted by atomic mass is 9.88. The molecule has 1 aliphatic heterocycles. The second kappa shape index (κ2) is 12.4. The minimum Gasteiger partial charge on any atom is -0.375 e. The monoisotopic (exact) mass is 558 g/mol. The van der Waals surface area contributed by atoms with Gasteiger partial charge in [0.15, 0.2) is 9.84 Å². The molecule has 1 fully saturated rings. The Morgan fingerprint density at radius 1 is 1.13 bits per heavy atom. The molecule has 0 aliphatic carbocycles. The van der Waals surface area contributed by atoms with E-state index in [2.05, 4.69) is 17.6 Å². The molecule has 0 bridgehead atoms. The summed E-state index contributed by atoms with van der Waals surface area (Å²) in [5.41, 5.74) is 2.35. The minimum atomic E-state index is -3.43. The Morgan fingerprint density at radius 2 is 1.87 bits per heavy atom. The molecule has 0 aromatic heterocycles. The number of carbonyl (C=O) groups excluding carboxylic acids is 1. The van der Waals surface area contributed by atoms with Crippen LogP contribution in [0.5, 0.6) is 0 Å². The number of hydrogen-bond acceptors (Lipinski definition) is 5. The van der Waals surface area contributed by atoms with Crippen LogP contribution in [0, 0.1) is 5.82 Å². The molecular formula is C29H32ClFN2O4S. The van der Waals surface area contributed by atoms with Gasteiger partial charge in [0.05, 0.1) is 17.6 Å². The Kier molecular flexibility index (Phi) is 9.20. The van der Waals surface area contributed by atoms with E-state index in [1.807, 2.05) is 12.1 Å². The van der Waals surface area contributed by atoms with E-state index < -0.39 is 15.8 Å². The standard InChI is InChI=1S/C29H32ClFN2O4S/c1-19-18-37-23(17-32-19)13-14-25-27(31)7-4-8-28(25)33-29(34)16-26(20-9-11-22(30)12-10-20)21-5-3-6-24(15-21)38(2,35)36/h3-12,15,19,23,26,32H,13-14,16-18H2,1-2H3,(H,33,34)/t19-,23+,26-/m0/s1. The molecule has 1 heterocycles. The number of ether oxygens (including phenoxy) is 1. The van der Waals surface area contributed by atoms with Gasteiger partial charge in [-0.15, -0.1) is 0 Å². The van der Waals surface area contributed by atoms with Crippen molar-refractivity contribution < 1.29 is 22.3 Å². The van der Waals surface area contributed by atoms with Crippen molar-refractivity contribution in [3.63, 3.8) is 0 Å². The van der Waals surface area contributed by atoms with E-state index in [-0.39, 0.29) is 29.1 Å². The second-order valence-electron chi connectivity index (χ2n) is 9.77. The Hall–Kier alpha value is -2.78. The largest absolute Gasteiger partial charge is 0.375 e. The molecule has 1 saturated heterocycles. The van der Waals surface area contributed by atoms with Gasteiger partial charge in [-0.2, -0.15) is 0 Å². The first-order chi connectivity index (χ1) is 18.1. The van der Waals surface area contributed by atoms with Crippen molar-refractivity contribution in [3.05, 3.63) is 94.3 Å². The maximum atomic E-state index is 14.8. The highest BCUT2D eigenvalue weighted by Gasteiger charge is 2.23. The first-order valence-corrected chi connectivity index (χ1v) is 14.8. The van der Waals surface area contributed by atoms with Crippen LogP contribution in [0.4, 0.5) is 10.1 Å². The second-order valence-corrected chi connectivity index (χ2v) is 12.2. The van der Waals surface area contributed by atoms with Gasteiger partial charge in [-0.05, 0) is 67.3 Å². The van der Waals surface area contributed by atoms with E-state index >= 15 is 0 Å². The molecule has 3 atom stereocenters. The van der Waals surface area contributed by atoms with E-state index in [1.165, 1.54) is 12.1 Å². The van der Waals surface area contributed by atoms with Crippen LogP contribution in [0.3, 0.4) is 0 Å². The first-order valence-electron chi connectivity index (χ1n) is 12.6. The van der Waals surface area contributed by atoms with Crippen molar-refractivity contribution in [2.24, 2.45) is 0 Å². The Bertz CT molecular complexity index is 1370. The summed E-state index contributed by atoms with van der Waals surface area (Å²) < 4.78 is 45.0. The highest BCUT2D eigenvalue weighted by atomic mass is 35.5. The average Bonchev–Trinajstić information content (AvgIpc) is 2.88. The van der Waals surface area contributed by atoms with E-state index in [0.717, 1.165) is 11.8 Å². The van der Waals surface area contributed by atoms with Crippen LogP contribution in [-0.2, 0) is 25.8 Å². The molecule has 202 valence electrons. The van der Waals surface area contributed by atoms with E-state index in [9.17, 15) is 17.6 Å². The SMILES string of the molecule is C[C@H]1CO[C@H](CCc2c(F)cccc2NC(=O)C[C@@H](c2ccc(Cl)cc2)c2cccc(S(C)(=O)=O)c2)CN1. The summed E-state index contributed by atoms with van der Waals surface area (Å²) in [7, 11) is -3.43. The Labute approximate surface area is 228 Å². The van der Waals surface area contributed by atoms with Gasteiger partial charge in [0.25, 0.3) is 0 Å². The zero-order chi connectivity index (χ0) is 27.3. The third-order valence-corrected chi connectivity index (χ3v) is 8.10. The highest BCUT2D eigenvalue weighted by Crippen LogP contribution is 2.31. The topological polar surface area (TPSA) is 84.5 Å². The van der Waals surface area contributed by atoms with Crippen LogP contribution in [0.1, 0.15) is 42.4 Å². The van der Waals surface area contributed by atoms with Crippen LogP contribution in [0.25, 0.3) is 0 Å². The van der Waals surface area contributed by atoms with Crippen LogP contribution < -0.4 is 10.6 Å². The summed E-state index contributed by atoms with van der Waals surface area (Å²) in [6.45, 7) is 3.36. The number of halogens is 2. The quantitative estimate of drug-likeness (QED) is 0.370. The maximum absolute atomic E-state index is 14.8. The number of amides is 1. The van der Waals surface area contributed by atoms with Gasteiger partial charge in [0.2, 0.25) is 5.91 Å². The molecule has 0 spiro atoms. The minimum absolute atomic E-state index is 0.0224. The molecule has 38 heavy (non-hydrogen) atoms. The van der Waals surface area contributed by atoms with Crippen molar-refractivity contribution >= 4 is 33.0 Å². The molecular weight excluding hydrogens is 527 g/mol. The zero-order valence-electron chi connectivity index (χ0n) is 21.4. The number of benzene rings is 3. The molecule has 1 amide bonds. The van der Waals surface area contributed by atoms with Gasteiger partial charge in [0.1, 0.15) is 5.82 Å². The summed E-state index contributed by atoms with van der Waals surface area (Å²) in [5, 5.41) is 6.81. The van der Waals surface area contributed by atoms with Gasteiger partial charge in [-0.3, -0.25) is 4.79 Å². The molecule has 1 aliphatic rings. The van der Waals surface area contributed by atoms with Gasteiger partial charge < -0.3 is 15.4 Å². The van der Waals surface area contributed by atoms with Crippen molar-refractivity contribution in [1.29, 1.82) is 0 Å². The fraction of sp³-hybridized carbons (Fsp3) is 0.345. The van der Waals surface area contributed by atoms with Crippen LogP contribution in [-0.4, -0.2) is 45.9 Å². The normalized spacial score (nSPS) is 18.6.